The van der Waals surface area contributed by atoms with Crippen molar-refractivity contribution in [2.24, 2.45) is 17.8 Å². The molecule has 1 aliphatic carbocycles. The van der Waals surface area contributed by atoms with Gasteiger partial charge in [-0.1, -0.05) is 0 Å². The summed E-state index contributed by atoms with van der Waals surface area (Å²) in [5.41, 5.74) is -0.478. The van der Waals surface area contributed by atoms with Gasteiger partial charge >= 0.3 is 12.1 Å². The van der Waals surface area contributed by atoms with Crippen molar-refractivity contribution in [1.29, 1.82) is 0 Å². The lowest BCUT2D eigenvalue weighted by Gasteiger charge is -2.27. The standard InChI is InChI=1S/C14H23NO4/c1-14(2,3)19-13(18)15-7-10-5-4-9(12(16)17)6-11(10)8-15/h9-11H,4-8H2,1-3H3,(H,16,17)/t9?,10-,11+/m0/s1. The lowest BCUT2D eigenvalue weighted by Crippen LogP contribution is -2.35. The maximum absolute atomic E-state index is 12.0. The number of nitrogens with zero attached hydrogens (tertiary/aromatic N) is 1. The predicted octanol–water partition coefficient (Wildman–Crippen LogP) is 2.35. The summed E-state index contributed by atoms with van der Waals surface area (Å²) in [7, 11) is 0. The first-order valence-corrected chi connectivity index (χ1v) is 6.97. The molecular formula is C14H23NO4. The van der Waals surface area contributed by atoms with Gasteiger partial charge in [0.05, 0.1) is 5.92 Å². The van der Waals surface area contributed by atoms with Crippen LogP contribution in [0.1, 0.15) is 40.0 Å². The molecule has 5 nitrogen and oxygen atoms in total. The van der Waals surface area contributed by atoms with Crippen LogP contribution in [0.15, 0.2) is 0 Å². The zero-order valence-electron chi connectivity index (χ0n) is 11.9. The molecule has 2 rings (SSSR count). The minimum atomic E-state index is -0.700. The van der Waals surface area contributed by atoms with Crippen molar-refractivity contribution in [2.45, 2.75) is 45.6 Å². The van der Waals surface area contributed by atoms with E-state index in [2.05, 4.69) is 0 Å². The first-order chi connectivity index (χ1) is 8.76. The molecule has 2 fully saturated rings. The molecule has 0 bridgehead atoms. The van der Waals surface area contributed by atoms with Gasteiger partial charge in [-0.05, 0) is 51.9 Å². The van der Waals surface area contributed by atoms with E-state index >= 15 is 0 Å². The zero-order chi connectivity index (χ0) is 14.2. The Balaban J connectivity index is 1.92. The minimum absolute atomic E-state index is 0.236. The monoisotopic (exact) mass is 269 g/mol. The molecule has 1 unspecified atom stereocenters. The van der Waals surface area contributed by atoms with Crippen molar-refractivity contribution in [3.05, 3.63) is 0 Å². The van der Waals surface area contributed by atoms with Gasteiger partial charge in [0, 0.05) is 13.1 Å². The van der Waals surface area contributed by atoms with Crippen LogP contribution in [0.25, 0.3) is 0 Å². The summed E-state index contributed by atoms with van der Waals surface area (Å²) >= 11 is 0. The van der Waals surface area contributed by atoms with Gasteiger partial charge in [-0.25, -0.2) is 4.79 Å². The molecule has 1 aliphatic heterocycles. The number of hydrogen-bond acceptors (Lipinski definition) is 3. The molecule has 0 spiro atoms. The van der Waals surface area contributed by atoms with Crippen LogP contribution in [-0.4, -0.2) is 40.8 Å². The first-order valence-electron chi connectivity index (χ1n) is 6.97. The predicted molar refractivity (Wildman–Crippen MR) is 69.8 cm³/mol. The fraction of sp³-hybridized carbons (Fsp3) is 0.857. The third-order valence-corrected chi connectivity index (χ3v) is 4.05. The van der Waals surface area contributed by atoms with E-state index < -0.39 is 11.6 Å². The molecule has 0 aromatic carbocycles. The van der Waals surface area contributed by atoms with Gasteiger partial charge in [-0.2, -0.15) is 0 Å². The van der Waals surface area contributed by atoms with Gasteiger partial charge in [-0.15, -0.1) is 0 Å². The number of amides is 1. The Morgan fingerprint density at radius 2 is 1.79 bits per heavy atom. The highest BCUT2D eigenvalue weighted by Crippen LogP contribution is 2.39. The average molecular weight is 269 g/mol. The molecule has 2 aliphatic rings. The zero-order valence-corrected chi connectivity index (χ0v) is 11.9. The second-order valence-electron chi connectivity index (χ2n) is 6.75. The number of carbonyl (C=O) groups is 2. The summed E-state index contributed by atoms with van der Waals surface area (Å²) in [6.45, 7) is 6.92. The van der Waals surface area contributed by atoms with E-state index in [1.165, 1.54) is 0 Å². The molecule has 108 valence electrons. The molecule has 19 heavy (non-hydrogen) atoms. The van der Waals surface area contributed by atoms with Crippen molar-refractivity contribution in [3.63, 3.8) is 0 Å². The average Bonchev–Trinajstić information content (AvgIpc) is 2.68. The van der Waals surface area contributed by atoms with Crippen LogP contribution in [0.4, 0.5) is 4.79 Å². The summed E-state index contributed by atoms with van der Waals surface area (Å²) in [5, 5.41) is 9.08. The van der Waals surface area contributed by atoms with Gasteiger partial charge in [0.15, 0.2) is 0 Å². The van der Waals surface area contributed by atoms with Crippen LogP contribution in [0.3, 0.4) is 0 Å². The number of aliphatic carboxylic acids is 1. The smallest absolute Gasteiger partial charge is 0.410 e. The number of rotatable bonds is 1. The van der Waals surface area contributed by atoms with Crippen molar-refractivity contribution in [2.75, 3.05) is 13.1 Å². The van der Waals surface area contributed by atoms with Gasteiger partial charge in [0.2, 0.25) is 0 Å². The number of likely N-dealkylation sites (tertiary alicyclic amines) is 1. The molecule has 3 atom stereocenters. The third kappa shape index (κ3) is 3.39. The molecule has 1 saturated heterocycles. The van der Waals surface area contributed by atoms with E-state index in [1.54, 1.807) is 4.90 Å². The van der Waals surface area contributed by atoms with E-state index in [0.717, 1.165) is 12.8 Å². The molecule has 0 aromatic heterocycles. The van der Waals surface area contributed by atoms with Gasteiger partial charge in [0.25, 0.3) is 0 Å². The molecule has 0 radical (unpaired) electrons. The molecule has 1 amide bonds. The number of carbonyl (C=O) groups excluding carboxylic acids is 1. The second-order valence-corrected chi connectivity index (χ2v) is 6.75. The normalized spacial score (nSPS) is 30.9. The molecular weight excluding hydrogens is 246 g/mol. The maximum Gasteiger partial charge on any atom is 0.410 e. The summed E-state index contributed by atoms with van der Waals surface area (Å²) in [5.74, 6) is -0.167. The van der Waals surface area contributed by atoms with Gasteiger partial charge in [0.1, 0.15) is 5.60 Å². The minimum Gasteiger partial charge on any atom is -0.481 e. The van der Waals surface area contributed by atoms with Crippen LogP contribution < -0.4 is 0 Å². The van der Waals surface area contributed by atoms with Crippen molar-refractivity contribution in [1.82, 2.24) is 4.90 Å². The topological polar surface area (TPSA) is 66.8 Å². The Kier molecular flexibility index (Phi) is 3.74. The van der Waals surface area contributed by atoms with E-state index in [-0.39, 0.29) is 12.0 Å². The molecule has 5 heteroatoms. The third-order valence-electron chi connectivity index (χ3n) is 4.05. The van der Waals surface area contributed by atoms with E-state index in [4.69, 9.17) is 9.84 Å². The van der Waals surface area contributed by atoms with Crippen molar-refractivity contribution in [3.8, 4) is 0 Å². The summed E-state index contributed by atoms with van der Waals surface area (Å²) in [6, 6.07) is 0. The Hall–Kier alpha value is -1.26. The molecule has 1 saturated carbocycles. The Bertz CT molecular complexity index is 374. The molecule has 0 aromatic rings. The SMILES string of the molecule is CC(C)(C)OC(=O)N1C[C@H]2CC(C(=O)O)CC[C@H]2C1. The number of fused-ring (bicyclic) bond motifs is 1. The number of ether oxygens (including phenoxy) is 1. The van der Waals surface area contributed by atoms with Crippen LogP contribution in [-0.2, 0) is 9.53 Å². The highest BCUT2D eigenvalue weighted by molar-refractivity contribution is 5.70. The van der Waals surface area contributed by atoms with Crippen LogP contribution >= 0.6 is 0 Å². The quantitative estimate of drug-likeness (QED) is 0.793. The van der Waals surface area contributed by atoms with Gasteiger partial charge < -0.3 is 14.7 Å². The largest absolute Gasteiger partial charge is 0.481 e. The van der Waals surface area contributed by atoms with E-state index in [1.807, 2.05) is 20.8 Å². The van der Waals surface area contributed by atoms with Gasteiger partial charge in [-0.3, -0.25) is 4.79 Å². The lowest BCUT2D eigenvalue weighted by molar-refractivity contribution is -0.143. The Labute approximate surface area is 113 Å². The second kappa shape index (κ2) is 5.02. The highest BCUT2D eigenvalue weighted by atomic mass is 16.6. The van der Waals surface area contributed by atoms with Crippen LogP contribution in [0, 0.1) is 17.8 Å². The fourth-order valence-electron chi connectivity index (χ4n) is 3.13. The summed E-state index contributed by atoms with van der Waals surface area (Å²) < 4.78 is 5.37. The Morgan fingerprint density at radius 1 is 1.16 bits per heavy atom. The first kappa shape index (κ1) is 14.2. The summed E-state index contributed by atoms with van der Waals surface area (Å²) in [6.07, 6.45) is 2.06. The van der Waals surface area contributed by atoms with Crippen molar-refractivity contribution < 1.29 is 19.4 Å². The molecule has 1 heterocycles. The lowest BCUT2D eigenvalue weighted by atomic mass is 9.76. The Morgan fingerprint density at radius 3 is 2.37 bits per heavy atom. The number of carboxylic acid groups (broad SMARTS) is 1. The summed E-state index contributed by atoms with van der Waals surface area (Å²) in [4.78, 5) is 24.8. The van der Waals surface area contributed by atoms with Crippen LogP contribution in [0.2, 0.25) is 0 Å². The highest BCUT2D eigenvalue weighted by Gasteiger charge is 2.42. The number of carboxylic acids is 1. The van der Waals surface area contributed by atoms with Crippen LogP contribution in [0.5, 0.6) is 0 Å². The fourth-order valence-corrected chi connectivity index (χ4v) is 3.13. The number of hydrogen-bond donors (Lipinski definition) is 1. The molecule has 1 N–H and O–H groups in total. The van der Waals surface area contributed by atoms with E-state index in [0.29, 0.717) is 31.3 Å². The van der Waals surface area contributed by atoms with Crippen molar-refractivity contribution >= 4 is 12.1 Å². The maximum atomic E-state index is 12.0. The van der Waals surface area contributed by atoms with E-state index in [9.17, 15) is 9.59 Å².